The Hall–Kier alpha value is -0.940. The van der Waals surface area contributed by atoms with Gasteiger partial charge >= 0.3 is 0 Å². The van der Waals surface area contributed by atoms with Crippen LogP contribution in [0, 0.1) is 5.92 Å². The fourth-order valence-corrected chi connectivity index (χ4v) is 2.10. The van der Waals surface area contributed by atoms with E-state index in [-0.39, 0.29) is 6.42 Å². The van der Waals surface area contributed by atoms with E-state index in [4.69, 9.17) is 10.2 Å². The van der Waals surface area contributed by atoms with Crippen LogP contribution in [0.2, 0.25) is 0 Å². The van der Waals surface area contributed by atoms with Gasteiger partial charge in [-0.05, 0) is 29.9 Å². The highest BCUT2D eigenvalue weighted by Gasteiger charge is 2.20. The minimum atomic E-state index is -1.55. The molecule has 19 heavy (non-hydrogen) atoms. The van der Waals surface area contributed by atoms with E-state index < -0.39 is 18.5 Å². The van der Waals surface area contributed by atoms with Crippen molar-refractivity contribution in [3.8, 4) is 0 Å². The van der Waals surface area contributed by atoms with Crippen molar-refractivity contribution in [2.24, 2.45) is 5.92 Å². The molecule has 4 nitrogen and oxygen atoms in total. The van der Waals surface area contributed by atoms with Gasteiger partial charge in [0.05, 0.1) is 0 Å². The second-order valence-electron chi connectivity index (χ2n) is 5.15. The molecule has 0 fully saturated rings. The predicted molar refractivity (Wildman–Crippen MR) is 73.4 cm³/mol. The molecule has 1 aromatic rings. The smallest absolute Gasteiger partial charge is 0.154 e. The van der Waals surface area contributed by atoms with Gasteiger partial charge in [0.2, 0.25) is 0 Å². The van der Waals surface area contributed by atoms with Crippen molar-refractivity contribution in [1.82, 2.24) is 0 Å². The number of aliphatic hydroxyl groups excluding tert-OH is 2. The molecule has 108 valence electrons. The highest BCUT2D eigenvalue weighted by atomic mass is 16.5. The van der Waals surface area contributed by atoms with E-state index in [9.17, 15) is 10.2 Å². The first-order valence-corrected chi connectivity index (χ1v) is 6.75. The largest absolute Gasteiger partial charge is 0.368 e. The van der Waals surface area contributed by atoms with Crippen molar-refractivity contribution in [2.75, 3.05) is 0 Å². The maximum Gasteiger partial charge on any atom is 0.154 e. The first kappa shape index (κ1) is 16.1. The molecule has 0 saturated carbocycles. The van der Waals surface area contributed by atoms with Crippen molar-refractivity contribution in [1.29, 1.82) is 0 Å². The van der Waals surface area contributed by atoms with Gasteiger partial charge in [-0.3, -0.25) is 0 Å². The molecule has 0 aromatic heterocycles. The topological polar surface area (TPSA) is 80.9 Å². The monoisotopic (exact) mass is 268 g/mol. The maximum atomic E-state index is 9.24. The van der Waals surface area contributed by atoms with E-state index in [1.807, 2.05) is 24.3 Å². The zero-order valence-corrected chi connectivity index (χ0v) is 11.5. The zero-order chi connectivity index (χ0) is 14.4. The van der Waals surface area contributed by atoms with Gasteiger partial charge in [0.1, 0.15) is 0 Å². The Bertz CT molecular complexity index is 359. The highest BCUT2D eigenvalue weighted by molar-refractivity contribution is 5.25. The van der Waals surface area contributed by atoms with Crippen LogP contribution >= 0.6 is 0 Å². The molecule has 0 aliphatic carbocycles. The molecule has 0 heterocycles. The van der Waals surface area contributed by atoms with Crippen molar-refractivity contribution >= 4 is 0 Å². The number of hydrogen-bond acceptors (Lipinski definition) is 4. The second kappa shape index (κ2) is 7.60. The third-order valence-corrected chi connectivity index (χ3v) is 3.59. The summed E-state index contributed by atoms with van der Waals surface area (Å²) in [6.07, 6.45) is -1.63. The van der Waals surface area contributed by atoms with E-state index in [1.54, 1.807) is 0 Å². The lowest BCUT2D eigenvalue weighted by Crippen LogP contribution is -2.26. The predicted octanol–water partition coefficient (Wildman–Crippen LogP) is 1.37. The van der Waals surface area contributed by atoms with Gasteiger partial charge in [-0.1, -0.05) is 38.1 Å². The maximum absolute atomic E-state index is 9.24. The summed E-state index contributed by atoms with van der Waals surface area (Å²) in [5.41, 5.74) is 2.22. The third kappa shape index (κ3) is 5.28. The molecule has 1 aromatic carbocycles. The molecular formula is C15H24O4. The molecule has 0 saturated heterocycles. The van der Waals surface area contributed by atoms with Crippen molar-refractivity contribution in [3.05, 3.63) is 35.4 Å². The standard InChI is InChI=1S/C15H24O4/c1-3-10(2)12-6-4-11(5-7-12)8-13(15(18)19)9-14(16)17/h4-7,10,13-19H,3,8-9H2,1-2H3. The Balaban J connectivity index is 2.69. The Morgan fingerprint density at radius 1 is 1.00 bits per heavy atom. The van der Waals surface area contributed by atoms with Crippen LogP contribution in [0.15, 0.2) is 24.3 Å². The summed E-state index contributed by atoms with van der Waals surface area (Å²) >= 11 is 0. The minimum absolute atomic E-state index is 0.0508. The van der Waals surface area contributed by atoms with Gasteiger partial charge in [-0.15, -0.1) is 0 Å². The van der Waals surface area contributed by atoms with Crippen LogP contribution in [0.1, 0.15) is 43.7 Å². The number of benzene rings is 1. The Labute approximate surface area is 114 Å². The van der Waals surface area contributed by atoms with Crippen molar-refractivity contribution in [2.45, 2.75) is 51.6 Å². The summed E-state index contributed by atoms with van der Waals surface area (Å²) in [7, 11) is 0. The second-order valence-corrected chi connectivity index (χ2v) is 5.15. The zero-order valence-electron chi connectivity index (χ0n) is 11.5. The van der Waals surface area contributed by atoms with Gasteiger partial charge in [0.15, 0.2) is 12.6 Å². The van der Waals surface area contributed by atoms with Gasteiger partial charge in [0.25, 0.3) is 0 Å². The third-order valence-electron chi connectivity index (χ3n) is 3.59. The van der Waals surface area contributed by atoms with Crippen LogP contribution < -0.4 is 0 Å². The van der Waals surface area contributed by atoms with Crippen LogP contribution in [0.25, 0.3) is 0 Å². The highest BCUT2D eigenvalue weighted by Crippen LogP contribution is 2.21. The lowest BCUT2D eigenvalue weighted by molar-refractivity contribution is -0.123. The average molecular weight is 268 g/mol. The summed E-state index contributed by atoms with van der Waals surface area (Å²) in [4.78, 5) is 0. The van der Waals surface area contributed by atoms with Crippen molar-refractivity contribution in [3.63, 3.8) is 0 Å². The van der Waals surface area contributed by atoms with Crippen LogP contribution in [0.3, 0.4) is 0 Å². The molecule has 0 radical (unpaired) electrons. The molecule has 0 aliphatic heterocycles. The SMILES string of the molecule is CCC(C)c1ccc(CC(CC(O)O)C(O)O)cc1. The Kier molecular flexibility index (Phi) is 6.45. The number of rotatable bonds is 7. The molecule has 0 spiro atoms. The summed E-state index contributed by atoms with van der Waals surface area (Å²) in [6, 6.07) is 8.00. The van der Waals surface area contributed by atoms with E-state index in [0.29, 0.717) is 12.3 Å². The molecule has 2 unspecified atom stereocenters. The summed E-state index contributed by atoms with van der Waals surface area (Å²) in [5.74, 6) is -0.0676. The Morgan fingerprint density at radius 2 is 1.58 bits per heavy atom. The van der Waals surface area contributed by atoms with Crippen LogP contribution in [0.4, 0.5) is 0 Å². The van der Waals surface area contributed by atoms with Crippen molar-refractivity contribution < 1.29 is 20.4 Å². The van der Waals surface area contributed by atoms with Crippen LogP contribution in [-0.2, 0) is 6.42 Å². The van der Waals surface area contributed by atoms with Gasteiger partial charge in [-0.25, -0.2) is 0 Å². The molecule has 0 amide bonds. The fourth-order valence-electron chi connectivity index (χ4n) is 2.10. The molecular weight excluding hydrogens is 244 g/mol. The molecule has 1 rings (SSSR count). The van der Waals surface area contributed by atoms with Crippen LogP contribution in [-0.4, -0.2) is 33.0 Å². The lowest BCUT2D eigenvalue weighted by Gasteiger charge is -2.20. The van der Waals surface area contributed by atoms with Gasteiger partial charge < -0.3 is 20.4 Å². The van der Waals surface area contributed by atoms with Crippen LogP contribution in [0.5, 0.6) is 0 Å². The molecule has 0 bridgehead atoms. The van der Waals surface area contributed by atoms with Gasteiger partial charge in [-0.2, -0.15) is 0 Å². The number of hydrogen-bond donors (Lipinski definition) is 4. The average Bonchev–Trinajstić information content (AvgIpc) is 2.37. The molecule has 4 N–H and O–H groups in total. The Morgan fingerprint density at radius 3 is 2.00 bits per heavy atom. The lowest BCUT2D eigenvalue weighted by atomic mass is 9.92. The fraction of sp³-hybridized carbons (Fsp3) is 0.600. The first-order chi connectivity index (χ1) is 8.93. The molecule has 4 heteroatoms. The quantitative estimate of drug-likeness (QED) is 0.563. The van der Waals surface area contributed by atoms with E-state index >= 15 is 0 Å². The van der Waals surface area contributed by atoms with E-state index in [2.05, 4.69) is 13.8 Å². The summed E-state index contributed by atoms with van der Waals surface area (Å²) in [6.45, 7) is 4.30. The molecule has 2 atom stereocenters. The summed E-state index contributed by atoms with van der Waals surface area (Å²) in [5, 5.41) is 36.3. The van der Waals surface area contributed by atoms with Gasteiger partial charge in [0, 0.05) is 12.3 Å². The summed E-state index contributed by atoms with van der Waals surface area (Å²) < 4.78 is 0. The molecule has 0 aliphatic rings. The van der Waals surface area contributed by atoms with E-state index in [0.717, 1.165) is 12.0 Å². The normalized spacial score (nSPS) is 14.9. The number of aliphatic hydroxyl groups is 4. The van der Waals surface area contributed by atoms with E-state index in [1.165, 1.54) is 5.56 Å². The minimum Gasteiger partial charge on any atom is -0.368 e. The first-order valence-electron chi connectivity index (χ1n) is 6.75.